The highest BCUT2D eigenvalue weighted by molar-refractivity contribution is 6.30. The summed E-state index contributed by atoms with van der Waals surface area (Å²) in [5.41, 5.74) is 0.0285. The summed E-state index contributed by atoms with van der Waals surface area (Å²) in [6, 6.07) is -0.0309. The van der Waals surface area contributed by atoms with Crippen LogP contribution in [0.15, 0.2) is 6.20 Å². The van der Waals surface area contributed by atoms with Gasteiger partial charge in [-0.1, -0.05) is 11.6 Å². The van der Waals surface area contributed by atoms with Crippen molar-refractivity contribution in [3.05, 3.63) is 22.5 Å². The van der Waals surface area contributed by atoms with E-state index < -0.39 is 11.9 Å². The van der Waals surface area contributed by atoms with E-state index in [0.29, 0.717) is 24.3 Å². The Balaban J connectivity index is 1.66. The molecule has 3 atom stereocenters. The molecule has 1 saturated heterocycles. The second kappa shape index (κ2) is 5.04. The zero-order valence-electron chi connectivity index (χ0n) is 11.5. The summed E-state index contributed by atoms with van der Waals surface area (Å²) < 4.78 is 14.1. The van der Waals surface area contributed by atoms with Gasteiger partial charge in [0.2, 0.25) is 5.28 Å². The molecule has 0 radical (unpaired) electrons. The summed E-state index contributed by atoms with van der Waals surface area (Å²) in [7, 11) is 0. The molecule has 0 bridgehead atoms. The van der Waals surface area contributed by atoms with Gasteiger partial charge in [0.15, 0.2) is 11.0 Å². The Kier molecular flexibility index (Phi) is 3.21. The van der Waals surface area contributed by atoms with Crippen LogP contribution in [0, 0.1) is 17.7 Å². The lowest BCUT2D eigenvalue weighted by Crippen LogP contribution is -2.34. The monoisotopic (exact) mass is 357 g/mol. The van der Waals surface area contributed by atoms with Gasteiger partial charge in [0, 0.05) is 37.2 Å². The van der Waals surface area contributed by atoms with Gasteiger partial charge in [-0.05, 0) is 11.6 Å². The minimum Gasteiger partial charge on any atom is -0.465 e. The van der Waals surface area contributed by atoms with Crippen LogP contribution in [0.1, 0.15) is 0 Å². The Hall–Kier alpha value is -1.93. The Morgan fingerprint density at radius 2 is 2.04 bits per heavy atom. The first-order chi connectivity index (χ1) is 11.0. The molecule has 1 aliphatic heterocycles. The van der Waals surface area contributed by atoms with Gasteiger partial charge in [0.25, 0.3) is 0 Å². The molecule has 2 fully saturated rings. The van der Waals surface area contributed by atoms with E-state index in [1.165, 1.54) is 6.20 Å². The molecule has 120 valence electrons. The Labute approximate surface area is 139 Å². The van der Waals surface area contributed by atoms with E-state index in [1.54, 1.807) is 0 Å². The number of rotatable bonds is 2. The maximum atomic E-state index is 14.1. The van der Waals surface area contributed by atoms with Crippen LogP contribution in [0.5, 0.6) is 0 Å². The third-order valence-electron chi connectivity index (χ3n) is 4.38. The van der Waals surface area contributed by atoms with Crippen LogP contribution >= 0.6 is 23.2 Å². The van der Waals surface area contributed by atoms with Gasteiger partial charge >= 0.3 is 6.09 Å². The van der Waals surface area contributed by atoms with E-state index in [1.807, 2.05) is 4.90 Å². The molecule has 3 heterocycles. The first-order valence-corrected chi connectivity index (χ1v) is 7.63. The molecule has 7 nitrogen and oxygen atoms in total. The van der Waals surface area contributed by atoms with Crippen LogP contribution in [0.4, 0.5) is 15.0 Å². The number of hydrogen-bond donors (Lipinski definition) is 2. The van der Waals surface area contributed by atoms with Crippen molar-refractivity contribution in [3.63, 3.8) is 0 Å². The van der Waals surface area contributed by atoms with E-state index in [-0.39, 0.29) is 33.8 Å². The second-order valence-electron chi connectivity index (χ2n) is 5.65. The molecule has 2 aromatic heterocycles. The maximum absolute atomic E-state index is 14.1. The number of aromatic nitrogens is 3. The third-order valence-corrected chi connectivity index (χ3v) is 4.81. The van der Waals surface area contributed by atoms with E-state index in [4.69, 9.17) is 28.3 Å². The fourth-order valence-electron chi connectivity index (χ4n) is 3.29. The molecule has 0 unspecified atom stereocenters. The molecular weight excluding hydrogens is 348 g/mol. The van der Waals surface area contributed by atoms with Crippen molar-refractivity contribution in [3.8, 4) is 0 Å². The van der Waals surface area contributed by atoms with Crippen LogP contribution in [-0.2, 0) is 0 Å². The van der Waals surface area contributed by atoms with E-state index in [0.717, 1.165) is 0 Å². The van der Waals surface area contributed by atoms with Crippen LogP contribution in [0.2, 0.25) is 10.4 Å². The average molecular weight is 358 g/mol. The van der Waals surface area contributed by atoms with Crippen molar-refractivity contribution in [1.82, 2.24) is 20.3 Å². The van der Waals surface area contributed by atoms with Gasteiger partial charge < -0.3 is 15.3 Å². The number of piperidine rings is 1. The summed E-state index contributed by atoms with van der Waals surface area (Å²) in [5, 5.41) is 11.4. The minimum atomic E-state index is -1.02. The predicted octanol–water partition coefficient (Wildman–Crippen LogP) is 2.17. The number of pyridine rings is 1. The molecule has 0 spiro atoms. The van der Waals surface area contributed by atoms with Gasteiger partial charge in [0.1, 0.15) is 11.3 Å². The van der Waals surface area contributed by atoms with Gasteiger partial charge in [-0.3, -0.25) is 0 Å². The molecule has 4 rings (SSSR count). The highest BCUT2D eigenvalue weighted by atomic mass is 35.5. The van der Waals surface area contributed by atoms with Crippen LogP contribution < -0.4 is 10.2 Å². The van der Waals surface area contributed by atoms with Crippen LogP contribution in [0.3, 0.4) is 0 Å². The maximum Gasteiger partial charge on any atom is 0.404 e. The topological polar surface area (TPSA) is 91.2 Å². The zero-order chi connectivity index (χ0) is 16.3. The fraction of sp³-hybridized carbons (Fsp3) is 0.385. The van der Waals surface area contributed by atoms with Crippen molar-refractivity contribution in [2.75, 3.05) is 18.0 Å². The number of amides is 1. The molecule has 0 aromatic carbocycles. The van der Waals surface area contributed by atoms with Gasteiger partial charge in [-0.15, -0.1) is 0 Å². The molecular formula is C13H10Cl2FN5O2. The van der Waals surface area contributed by atoms with Gasteiger partial charge in [-0.2, -0.15) is 4.98 Å². The molecule has 1 amide bonds. The third kappa shape index (κ3) is 2.33. The lowest BCUT2D eigenvalue weighted by Gasteiger charge is -2.22. The second-order valence-corrected chi connectivity index (χ2v) is 6.35. The molecule has 2 aromatic rings. The van der Waals surface area contributed by atoms with Gasteiger partial charge in [0.05, 0.1) is 5.39 Å². The SMILES string of the molecule is O=C(O)N[C@H]1[C@@H]2CN(c3nc(Cl)nc4c(F)c(Cl)ncc34)C[C@@H]21. The number of fused-ring (bicyclic) bond motifs is 2. The minimum absolute atomic E-state index is 0.0285. The van der Waals surface area contributed by atoms with Gasteiger partial charge in [-0.25, -0.2) is 19.2 Å². The normalized spacial score (nSPS) is 25.5. The van der Waals surface area contributed by atoms with E-state index in [2.05, 4.69) is 20.3 Å². The van der Waals surface area contributed by atoms with Crippen LogP contribution in [0.25, 0.3) is 10.9 Å². The Bertz CT molecular complexity index is 824. The highest BCUT2D eigenvalue weighted by Gasteiger charge is 2.57. The quantitative estimate of drug-likeness (QED) is 0.632. The summed E-state index contributed by atoms with van der Waals surface area (Å²) >= 11 is 11.6. The molecule has 10 heteroatoms. The summed E-state index contributed by atoms with van der Waals surface area (Å²) in [6.45, 7) is 1.23. The molecule has 1 aliphatic carbocycles. The number of hydrogen-bond acceptors (Lipinski definition) is 5. The largest absolute Gasteiger partial charge is 0.465 e. The predicted molar refractivity (Wildman–Crippen MR) is 81.5 cm³/mol. The Morgan fingerprint density at radius 1 is 1.35 bits per heavy atom. The number of nitrogens with zero attached hydrogens (tertiary/aromatic N) is 4. The number of anilines is 1. The van der Waals surface area contributed by atoms with Crippen molar-refractivity contribution in [2.24, 2.45) is 11.8 Å². The average Bonchev–Trinajstić information content (AvgIpc) is 2.95. The molecule has 2 N–H and O–H groups in total. The molecule has 1 saturated carbocycles. The van der Waals surface area contributed by atoms with Crippen molar-refractivity contribution < 1.29 is 14.3 Å². The summed E-state index contributed by atoms with van der Waals surface area (Å²) in [6.07, 6.45) is 0.399. The van der Waals surface area contributed by atoms with Crippen molar-refractivity contribution in [1.29, 1.82) is 0 Å². The number of halogens is 3. The molecule has 2 aliphatic rings. The van der Waals surface area contributed by atoms with Crippen molar-refractivity contribution >= 4 is 46.0 Å². The first kappa shape index (κ1) is 14.6. The fourth-order valence-corrected chi connectivity index (χ4v) is 3.59. The highest BCUT2D eigenvalue weighted by Crippen LogP contribution is 2.47. The summed E-state index contributed by atoms with van der Waals surface area (Å²) in [5.74, 6) is 0.203. The standard InChI is InChI=1S/C13H10Cl2FN5O2/c14-10-7(16)9-4(1-17-10)11(20-12(15)18-9)21-2-5-6(3-21)8(5)19-13(22)23/h1,5-6,8,19H,2-3H2,(H,22,23)/t5-,6+,8+. The smallest absolute Gasteiger partial charge is 0.404 e. The number of carboxylic acid groups (broad SMARTS) is 1. The molecule has 23 heavy (non-hydrogen) atoms. The van der Waals surface area contributed by atoms with Crippen LogP contribution in [-0.4, -0.2) is 45.3 Å². The zero-order valence-corrected chi connectivity index (χ0v) is 13.0. The number of carbonyl (C=O) groups is 1. The summed E-state index contributed by atoms with van der Waals surface area (Å²) in [4.78, 5) is 24.5. The lowest BCUT2D eigenvalue weighted by molar-refractivity contribution is 0.192. The van der Waals surface area contributed by atoms with Crippen molar-refractivity contribution in [2.45, 2.75) is 6.04 Å². The number of nitrogens with one attached hydrogen (secondary N) is 1. The Morgan fingerprint density at radius 3 is 2.70 bits per heavy atom. The van der Waals surface area contributed by atoms with E-state index in [9.17, 15) is 9.18 Å². The van der Waals surface area contributed by atoms with E-state index >= 15 is 0 Å². The first-order valence-electron chi connectivity index (χ1n) is 6.87. The lowest BCUT2D eigenvalue weighted by atomic mass is 10.2.